The second-order valence-electron chi connectivity index (χ2n) is 7.18. The Morgan fingerprint density at radius 1 is 1.38 bits per heavy atom. The van der Waals surface area contributed by atoms with E-state index in [1.807, 2.05) is 13.8 Å². The smallest absolute Gasteiger partial charge is 0.162 e. The van der Waals surface area contributed by atoms with Gasteiger partial charge in [-0.15, -0.1) is 0 Å². The Bertz CT molecular complexity index is 825. The number of Topliss-reactive ketones (excluding diaryl/α,β-unsaturated/α-hetero) is 1. The van der Waals surface area contributed by atoms with Crippen LogP contribution in [0.25, 0.3) is 0 Å². The molecule has 0 saturated heterocycles. The molecule has 1 heterocycles. The van der Waals surface area contributed by atoms with E-state index in [1.165, 1.54) is 12.1 Å². The minimum Gasteiger partial charge on any atom is -0.361 e. The van der Waals surface area contributed by atoms with E-state index in [0.717, 1.165) is 5.70 Å². The first-order chi connectivity index (χ1) is 11.2. The van der Waals surface area contributed by atoms with E-state index in [0.29, 0.717) is 29.7 Å². The first-order valence-electron chi connectivity index (χ1n) is 7.83. The number of ketones is 1. The van der Waals surface area contributed by atoms with Gasteiger partial charge >= 0.3 is 0 Å². The van der Waals surface area contributed by atoms with Gasteiger partial charge in [-0.2, -0.15) is 5.26 Å². The third kappa shape index (κ3) is 2.63. The van der Waals surface area contributed by atoms with Crippen molar-refractivity contribution >= 4 is 17.4 Å². The van der Waals surface area contributed by atoms with Crippen LogP contribution in [0.1, 0.15) is 45.1 Å². The minimum absolute atomic E-state index is 0.0571. The molecule has 3 nitrogen and oxygen atoms in total. The topological polar surface area (TPSA) is 52.9 Å². The molecule has 0 unspecified atom stereocenters. The molecule has 1 atom stereocenters. The number of allylic oxidation sites excluding steroid dienone is 4. The van der Waals surface area contributed by atoms with Gasteiger partial charge in [0.05, 0.1) is 17.6 Å². The first kappa shape index (κ1) is 16.7. The highest BCUT2D eigenvalue weighted by Crippen LogP contribution is 2.48. The fraction of sp³-hybridized carbons (Fsp3) is 0.368. The number of carbonyl (C=O) groups is 1. The molecule has 24 heavy (non-hydrogen) atoms. The average molecular weight is 345 g/mol. The lowest BCUT2D eigenvalue weighted by Gasteiger charge is -2.38. The Labute approximate surface area is 145 Å². The summed E-state index contributed by atoms with van der Waals surface area (Å²) in [5.41, 5.74) is 2.27. The number of nitriles is 1. The van der Waals surface area contributed by atoms with E-state index in [-0.39, 0.29) is 21.8 Å². The van der Waals surface area contributed by atoms with E-state index < -0.39 is 11.7 Å². The van der Waals surface area contributed by atoms with Gasteiger partial charge in [-0.25, -0.2) is 4.39 Å². The van der Waals surface area contributed by atoms with Crippen LogP contribution in [0.5, 0.6) is 0 Å². The fourth-order valence-corrected chi connectivity index (χ4v) is 3.93. The third-order valence-electron chi connectivity index (χ3n) is 4.65. The quantitative estimate of drug-likeness (QED) is 0.809. The molecule has 3 rings (SSSR count). The standard InChI is InChI=1S/C19H18ClFN2O/c1-10-11(9-22)16(17-12(20)5-4-6-13(17)21)18-14(23-10)7-19(2,3)8-15(18)24/h4-6,16,23H,7-8H2,1-3H3/t16-/m0/s1. The van der Waals surface area contributed by atoms with Crippen molar-refractivity contribution in [1.29, 1.82) is 5.26 Å². The van der Waals surface area contributed by atoms with E-state index in [9.17, 15) is 14.4 Å². The number of carbonyl (C=O) groups excluding carboxylic acids is 1. The number of halogens is 2. The summed E-state index contributed by atoms with van der Waals surface area (Å²) in [6.45, 7) is 5.83. The van der Waals surface area contributed by atoms with Crippen LogP contribution in [0.2, 0.25) is 5.02 Å². The predicted molar refractivity (Wildman–Crippen MR) is 90.6 cm³/mol. The molecule has 0 spiro atoms. The normalized spacial score (nSPS) is 22.8. The van der Waals surface area contributed by atoms with Crippen molar-refractivity contribution in [3.8, 4) is 6.07 Å². The molecule has 0 fully saturated rings. The van der Waals surface area contributed by atoms with Crippen molar-refractivity contribution in [2.45, 2.75) is 39.5 Å². The average Bonchev–Trinajstić information content (AvgIpc) is 2.44. The molecule has 0 bridgehead atoms. The Balaban J connectivity index is 2.27. The Morgan fingerprint density at radius 2 is 2.08 bits per heavy atom. The summed E-state index contributed by atoms with van der Waals surface area (Å²) in [6, 6.07) is 6.55. The SMILES string of the molecule is CC1=C(C#N)[C@@H](c2c(F)cccc2Cl)C2=C(CC(C)(C)CC2=O)N1. The van der Waals surface area contributed by atoms with Crippen molar-refractivity contribution in [2.75, 3.05) is 0 Å². The second kappa shape index (κ2) is 5.75. The summed E-state index contributed by atoms with van der Waals surface area (Å²) in [5.74, 6) is -1.30. The van der Waals surface area contributed by atoms with Gasteiger partial charge in [-0.1, -0.05) is 31.5 Å². The van der Waals surface area contributed by atoms with E-state index in [1.54, 1.807) is 13.0 Å². The number of hydrogen-bond donors (Lipinski definition) is 1. The molecule has 0 aromatic heterocycles. The van der Waals surface area contributed by atoms with Gasteiger partial charge in [0.15, 0.2) is 5.78 Å². The maximum absolute atomic E-state index is 14.5. The summed E-state index contributed by atoms with van der Waals surface area (Å²) in [4.78, 5) is 12.8. The van der Waals surface area contributed by atoms with Crippen molar-refractivity contribution in [2.24, 2.45) is 5.41 Å². The summed E-state index contributed by atoms with van der Waals surface area (Å²) in [6.07, 6.45) is 1.04. The van der Waals surface area contributed by atoms with E-state index in [2.05, 4.69) is 11.4 Å². The zero-order valence-electron chi connectivity index (χ0n) is 13.8. The second-order valence-corrected chi connectivity index (χ2v) is 7.58. The van der Waals surface area contributed by atoms with Crippen LogP contribution in [0.4, 0.5) is 4.39 Å². The predicted octanol–water partition coefficient (Wildman–Crippen LogP) is 4.61. The van der Waals surface area contributed by atoms with Crippen LogP contribution in [-0.2, 0) is 4.79 Å². The lowest BCUT2D eigenvalue weighted by Crippen LogP contribution is -2.37. The molecule has 1 aliphatic carbocycles. The van der Waals surface area contributed by atoms with E-state index in [4.69, 9.17) is 11.6 Å². The Hall–Kier alpha value is -2.12. The van der Waals surface area contributed by atoms with Gasteiger partial charge in [0.1, 0.15) is 5.82 Å². The third-order valence-corrected chi connectivity index (χ3v) is 4.98. The molecule has 1 aromatic rings. The number of nitrogens with zero attached hydrogens (tertiary/aromatic N) is 1. The Morgan fingerprint density at radius 3 is 2.71 bits per heavy atom. The molecule has 1 aliphatic heterocycles. The lowest BCUT2D eigenvalue weighted by molar-refractivity contribution is -0.118. The molecule has 0 radical (unpaired) electrons. The van der Waals surface area contributed by atoms with Gasteiger partial charge in [0.25, 0.3) is 0 Å². The number of dihydropyridines is 1. The fourth-order valence-electron chi connectivity index (χ4n) is 3.66. The summed E-state index contributed by atoms with van der Waals surface area (Å²) >= 11 is 6.24. The monoisotopic (exact) mass is 344 g/mol. The lowest BCUT2D eigenvalue weighted by atomic mass is 9.69. The molecule has 0 amide bonds. The zero-order chi connectivity index (χ0) is 17.6. The Kier molecular flexibility index (Phi) is 4.01. The van der Waals surface area contributed by atoms with Crippen LogP contribution in [0.15, 0.2) is 40.7 Å². The summed E-state index contributed by atoms with van der Waals surface area (Å²) in [5, 5.41) is 13.0. The highest BCUT2D eigenvalue weighted by atomic mass is 35.5. The number of nitrogens with one attached hydrogen (secondary N) is 1. The van der Waals surface area contributed by atoms with Crippen LogP contribution < -0.4 is 5.32 Å². The van der Waals surface area contributed by atoms with Crippen LogP contribution in [0.3, 0.4) is 0 Å². The van der Waals surface area contributed by atoms with Crippen LogP contribution in [-0.4, -0.2) is 5.78 Å². The van der Waals surface area contributed by atoms with Crippen molar-refractivity contribution in [3.63, 3.8) is 0 Å². The van der Waals surface area contributed by atoms with Gasteiger partial charge in [-0.05, 0) is 30.9 Å². The maximum Gasteiger partial charge on any atom is 0.162 e. The van der Waals surface area contributed by atoms with Crippen molar-refractivity contribution in [1.82, 2.24) is 5.32 Å². The number of rotatable bonds is 1. The largest absolute Gasteiger partial charge is 0.361 e. The molecule has 124 valence electrons. The van der Waals surface area contributed by atoms with Crippen molar-refractivity contribution in [3.05, 3.63) is 57.1 Å². The summed E-state index contributed by atoms with van der Waals surface area (Å²) < 4.78 is 14.5. The molecular weight excluding hydrogens is 327 g/mol. The first-order valence-corrected chi connectivity index (χ1v) is 8.21. The van der Waals surface area contributed by atoms with E-state index >= 15 is 0 Å². The highest BCUT2D eigenvalue weighted by molar-refractivity contribution is 6.31. The van der Waals surface area contributed by atoms with Crippen molar-refractivity contribution < 1.29 is 9.18 Å². The summed E-state index contributed by atoms with van der Waals surface area (Å²) in [7, 11) is 0. The molecule has 1 aromatic carbocycles. The zero-order valence-corrected chi connectivity index (χ0v) is 14.6. The van der Waals surface area contributed by atoms with Crippen LogP contribution in [0, 0.1) is 22.6 Å². The molecule has 5 heteroatoms. The van der Waals surface area contributed by atoms with Gasteiger partial charge in [0, 0.05) is 34.0 Å². The number of hydrogen-bond acceptors (Lipinski definition) is 3. The van der Waals surface area contributed by atoms with Gasteiger partial charge < -0.3 is 5.32 Å². The molecule has 1 N–H and O–H groups in total. The van der Waals surface area contributed by atoms with Crippen LogP contribution >= 0.6 is 11.6 Å². The maximum atomic E-state index is 14.5. The molecular formula is C19H18ClFN2O. The van der Waals surface area contributed by atoms with Gasteiger partial charge in [-0.3, -0.25) is 4.79 Å². The van der Waals surface area contributed by atoms with Gasteiger partial charge in [0.2, 0.25) is 0 Å². The highest BCUT2D eigenvalue weighted by Gasteiger charge is 2.42. The molecule has 0 saturated carbocycles. The molecule has 2 aliphatic rings. The number of benzene rings is 1. The minimum atomic E-state index is -0.747.